The number of phenols is 1. The summed E-state index contributed by atoms with van der Waals surface area (Å²) in [7, 11) is 3.46. The second-order valence-corrected chi connectivity index (χ2v) is 4.57. The molecule has 2 N–H and O–H groups in total. The number of carbonyl (C=O) groups is 1. The molecule has 0 saturated heterocycles. The van der Waals surface area contributed by atoms with E-state index >= 15 is 0 Å². The Morgan fingerprint density at radius 2 is 2.16 bits per heavy atom. The number of carbonyl (C=O) groups excluding carboxylic acids is 1. The molecule has 1 rings (SSSR count). The van der Waals surface area contributed by atoms with Crippen LogP contribution in [0.25, 0.3) is 0 Å². The molecule has 5 nitrogen and oxygen atoms in total. The number of ether oxygens (including phenoxy) is 1. The Kier molecular flexibility index (Phi) is 5.63. The molecule has 0 fully saturated rings. The van der Waals surface area contributed by atoms with Gasteiger partial charge < -0.3 is 20.1 Å². The van der Waals surface area contributed by atoms with Crippen molar-refractivity contribution in [3.8, 4) is 11.5 Å². The maximum Gasteiger partial charge on any atom is 0.238 e. The summed E-state index contributed by atoms with van der Waals surface area (Å²) in [6.07, 6.45) is 0. The molecule has 0 spiro atoms. The Morgan fingerprint density at radius 3 is 2.74 bits per heavy atom. The summed E-state index contributed by atoms with van der Waals surface area (Å²) in [5.74, 6) is 0.625. The number of benzene rings is 1. The van der Waals surface area contributed by atoms with Crippen molar-refractivity contribution in [2.45, 2.75) is 26.4 Å². The molecule has 5 heteroatoms. The van der Waals surface area contributed by atoms with Crippen LogP contribution in [-0.2, 0) is 11.3 Å². The summed E-state index contributed by atoms with van der Waals surface area (Å²) in [6, 6.07) is 4.93. The van der Waals surface area contributed by atoms with Gasteiger partial charge in [-0.2, -0.15) is 0 Å². The molecule has 0 aliphatic rings. The van der Waals surface area contributed by atoms with Crippen LogP contribution in [0, 0.1) is 0 Å². The van der Waals surface area contributed by atoms with Crippen molar-refractivity contribution in [3.63, 3.8) is 0 Å². The standard InChI is InChI=1S/C14H22N2O3/c1-5-19-13-8-11(6-7-12(13)17)9-15-10(2)14(18)16(3)4/h6-8,10,15,17H,5,9H2,1-4H3. The molecular weight excluding hydrogens is 244 g/mol. The lowest BCUT2D eigenvalue weighted by Gasteiger charge is -2.18. The fraction of sp³-hybridized carbons (Fsp3) is 0.500. The minimum absolute atomic E-state index is 0.0313. The molecule has 1 unspecified atom stereocenters. The van der Waals surface area contributed by atoms with Crippen molar-refractivity contribution in [2.24, 2.45) is 0 Å². The van der Waals surface area contributed by atoms with Crippen LogP contribution in [-0.4, -0.2) is 42.7 Å². The van der Waals surface area contributed by atoms with Gasteiger partial charge in [-0.1, -0.05) is 6.07 Å². The molecule has 1 atom stereocenters. The molecule has 1 aromatic carbocycles. The zero-order valence-electron chi connectivity index (χ0n) is 11.9. The molecule has 19 heavy (non-hydrogen) atoms. The van der Waals surface area contributed by atoms with Gasteiger partial charge in [-0.05, 0) is 31.5 Å². The summed E-state index contributed by atoms with van der Waals surface area (Å²) in [6.45, 7) is 4.73. The monoisotopic (exact) mass is 266 g/mol. The fourth-order valence-electron chi connectivity index (χ4n) is 1.69. The second kappa shape index (κ2) is 6.99. The van der Waals surface area contributed by atoms with Gasteiger partial charge in [0.05, 0.1) is 12.6 Å². The van der Waals surface area contributed by atoms with E-state index in [4.69, 9.17) is 4.74 Å². The average molecular weight is 266 g/mol. The lowest BCUT2D eigenvalue weighted by molar-refractivity contribution is -0.130. The molecule has 1 amide bonds. The third kappa shape index (κ3) is 4.44. The van der Waals surface area contributed by atoms with Gasteiger partial charge in [-0.3, -0.25) is 4.79 Å². The van der Waals surface area contributed by atoms with E-state index in [0.717, 1.165) is 5.56 Å². The fourth-order valence-corrected chi connectivity index (χ4v) is 1.69. The smallest absolute Gasteiger partial charge is 0.238 e. The zero-order chi connectivity index (χ0) is 14.4. The lowest BCUT2D eigenvalue weighted by atomic mass is 10.2. The largest absolute Gasteiger partial charge is 0.504 e. The molecule has 0 aliphatic heterocycles. The topological polar surface area (TPSA) is 61.8 Å². The van der Waals surface area contributed by atoms with Crippen LogP contribution in [0.5, 0.6) is 11.5 Å². The van der Waals surface area contributed by atoms with Gasteiger partial charge in [0.25, 0.3) is 0 Å². The number of rotatable bonds is 6. The van der Waals surface area contributed by atoms with Gasteiger partial charge in [0, 0.05) is 20.6 Å². The van der Waals surface area contributed by atoms with E-state index in [1.54, 1.807) is 37.2 Å². The van der Waals surface area contributed by atoms with Crippen LogP contribution in [0.15, 0.2) is 18.2 Å². The highest BCUT2D eigenvalue weighted by Crippen LogP contribution is 2.26. The third-order valence-electron chi connectivity index (χ3n) is 2.75. The summed E-state index contributed by atoms with van der Waals surface area (Å²) in [4.78, 5) is 13.2. The van der Waals surface area contributed by atoms with Crippen LogP contribution in [0.4, 0.5) is 0 Å². The van der Waals surface area contributed by atoms with E-state index < -0.39 is 0 Å². The Labute approximate surface area is 114 Å². The molecule has 0 saturated carbocycles. The van der Waals surface area contributed by atoms with Gasteiger partial charge in [-0.15, -0.1) is 0 Å². The first-order valence-corrected chi connectivity index (χ1v) is 6.35. The maximum atomic E-state index is 11.7. The van der Waals surface area contributed by atoms with E-state index in [1.807, 2.05) is 13.8 Å². The van der Waals surface area contributed by atoms with Gasteiger partial charge >= 0.3 is 0 Å². The normalized spacial score (nSPS) is 12.0. The Bertz CT molecular complexity index is 433. The van der Waals surface area contributed by atoms with E-state index in [9.17, 15) is 9.90 Å². The van der Waals surface area contributed by atoms with Crippen LogP contribution >= 0.6 is 0 Å². The van der Waals surface area contributed by atoms with E-state index in [-0.39, 0.29) is 17.7 Å². The number of hydrogen-bond donors (Lipinski definition) is 2. The second-order valence-electron chi connectivity index (χ2n) is 4.57. The number of nitrogens with zero attached hydrogens (tertiary/aromatic N) is 1. The van der Waals surface area contributed by atoms with Crippen LogP contribution < -0.4 is 10.1 Å². The molecule has 106 valence electrons. The van der Waals surface area contributed by atoms with Crippen molar-refractivity contribution in [3.05, 3.63) is 23.8 Å². The highest BCUT2D eigenvalue weighted by molar-refractivity contribution is 5.80. The number of likely N-dealkylation sites (N-methyl/N-ethyl adjacent to an activating group) is 1. The predicted octanol–water partition coefficient (Wildman–Crippen LogP) is 1.36. The minimum Gasteiger partial charge on any atom is -0.504 e. The minimum atomic E-state index is -0.251. The average Bonchev–Trinajstić information content (AvgIpc) is 2.38. The summed E-state index contributed by atoms with van der Waals surface area (Å²) in [5.41, 5.74) is 0.958. The van der Waals surface area contributed by atoms with Crippen molar-refractivity contribution in [1.82, 2.24) is 10.2 Å². The number of nitrogens with one attached hydrogen (secondary N) is 1. The van der Waals surface area contributed by atoms with E-state index in [1.165, 1.54) is 0 Å². The molecule has 0 radical (unpaired) electrons. The van der Waals surface area contributed by atoms with Crippen molar-refractivity contribution < 1.29 is 14.6 Å². The number of hydrogen-bond acceptors (Lipinski definition) is 4. The van der Waals surface area contributed by atoms with Crippen molar-refractivity contribution in [2.75, 3.05) is 20.7 Å². The summed E-state index contributed by atoms with van der Waals surface area (Å²) >= 11 is 0. The van der Waals surface area contributed by atoms with E-state index in [0.29, 0.717) is 18.9 Å². The first-order chi connectivity index (χ1) is 8.95. The van der Waals surface area contributed by atoms with Gasteiger partial charge in [0.15, 0.2) is 11.5 Å². The number of aromatic hydroxyl groups is 1. The molecule has 0 heterocycles. The van der Waals surface area contributed by atoms with E-state index in [2.05, 4.69) is 5.32 Å². The van der Waals surface area contributed by atoms with Crippen LogP contribution in [0.3, 0.4) is 0 Å². The van der Waals surface area contributed by atoms with Gasteiger partial charge in [0.2, 0.25) is 5.91 Å². The zero-order valence-corrected chi connectivity index (χ0v) is 11.9. The maximum absolute atomic E-state index is 11.7. The molecule has 0 aliphatic carbocycles. The molecule has 0 aromatic heterocycles. The SMILES string of the molecule is CCOc1cc(CNC(C)C(=O)N(C)C)ccc1O. The van der Waals surface area contributed by atoms with Crippen molar-refractivity contribution in [1.29, 1.82) is 0 Å². The summed E-state index contributed by atoms with van der Waals surface area (Å²) in [5, 5.41) is 12.7. The third-order valence-corrected chi connectivity index (χ3v) is 2.75. The van der Waals surface area contributed by atoms with Crippen LogP contribution in [0.2, 0.25) is 0 Å². The first-order valence-electron chi connectivity index (χ1n) is 6.35. The van der Waals surface area contributed by atoms with Gasteiger partial charge in [0.1, 0.15) is 0 Å². The summed E-state index contributed by atoms with van der Waals surface area (Å²) < 4.78 is 5.32. The Hall–Kier alpha value is -1.75. The molecular formula is C14H22N2O3. The first kappa shape index (κ1) is 15.3. The van der Waals surface area contributed by atoms with Crippen LogP contribution in [0.1, 0.15) is 19.4 Å². The quantitative estimate of drug-likeness (QED) is 0.816. The highest BCUT2D eigenvalue weighted by atomic mass is 16.5. The Balaban J connectivity index is 2.63. The molecule has 1 aromatic rings. The highest BCUT2D eigenvalue weighted by Gasteiger charge is 2.14. The van der Waals surface area contributed by atoms with Gasteiger partial charge in [-0.25, -0.2) is 0 Å². The van der Waals surface area contributed by atoms with Crippen molar-refractivity contribution >= 4 is 5.91 Å². The number of phenolic OH excluding ortho intramolecular Hbond substituents is 1. The predicted molar refractivity (Wildman–Crippen MR) is 74.3 cm³/mol. The number of amides is 1. The Morgan fingerprint density at radius 1 is 1.47 bits per heavy atom. The molecule has 0 bridgehead atoms. The lowest BCUT2D eigenvalue weighted by Crippen LogP contribution is -2.41.